The lowest BCUT2D eigenvalue weighted by molar-refractivity contribution is -0.138. The molecule has 9 nitrogen and oxygen atoms in total. The third-order valence-corrected chi connectivity index (χ3v) is 9.67. The van der Waals surface area contributed by atoms with Gasteiger partial charge in [0, 0.05) is 62.4 Å². The Morgan fingerprint density at radius 2 is 2.00 bits per heavy atom. The number of aromatic nitrogens is 1. The van der Waals surface area contributed by atoms with E-state index in [0.29, 0.717) is 43.8 Å². The van der Waals surface area contributed by atoms with Gasteiger partial charge in [-0.2, -0.15) is 4.31 Å². The van der Waals surface area contributed by atoms with Gasteiger partial charge in [-0.25, -0.2) is 13.4 Å². The van der Waals surface area contributed by atoms with Gasteiger partial charge in [-0.05, 0) is 43.7 Å². The van der Waals surface area contributed by atoms with Crippen molar-refractivity contribution in [1.29, 1.82) is 0 Å². The maximum atomic E-state index is 13.9. The second-order valence-corrected chi connectivity index (χ2v) is 11.5. The Balaban J connectivity index is 1.53. The molecule has 2 N–H and O–H groups in total. The summed E-state index contributed by atoms with van der Waals surface area (Å²) in [6.45, 7) is 2.25. The van der Waals surface area contributed by atoms with Crippen LogP contribution in [0, 0.1) is 5.92 Å². The smallest absolute Gasteiger partial charge is 0.303 e. The number of nitrogens with one attached hydrogen (secondary N) is 1. The molecule has 2 aromatic rings. The lowest BCUT2D eigenvalue weighted by Gasteiger charge is -2.37. The number of carboxylic acid groups (broad SMARTS) is 1. The lowest BCUT2D eigenvalue weighted by atomic mass is 9.80. The minimum atomic E-state index is -3.71. The van der Waals surface area contributed by atoms with Gasteiger partial charge in [0.15, 0.2) is 0 Å². The number of pyridine rings is 1. The predicted octanol–water partition coefficient (Wildman–Crippen LogP) is 2.19. The number of hydrogen-bond donors (Lipinski definition) is 2. The van der Waals surface area contributed by atoms with Crippen LogP contribution in [0.1, 0.15) is 43.6 Å². The fourth-order valence-corrected chi connectivity index (χ4v) is 7.67. The summed E-state index contributed by atoms with van der Waals surface area (Å²) < 4.78 is 34.8. The molecule has 3 unspecified atom stereocenters. The van der Waals surface area contributed by atoms with E-state index in [-0.39, 0.29) is 30.4 Å². The first-order chi connectivity index (χ1) is 16.4. The van der Waals surface area contributed by atoms with Crippen LogP contribution in [0.3, 0.4) is 0 Å². The normalized spacial score (nSPS) is 27.1. The van der Waals surface area contributed by atoms with Crippen molar-refractivity contribution in [2.75, 3.05) is 33.3 Å². The van der Waals surface area contributed by atoms with E-state index in [9.17, 15) is 18.3 Å². The van der Waals surface area contributed by atoms with Crippen molar-refractivity contribution >= 4 is 26.9 Å². The van der Waals surface area contributed by atoms with E-state index in [1.54, 1.807) is 23.7 Å². The molecule has 0 saturated carbocycles. The fourth-order valence-electron chi connectivity index (χ4n) is 5.92. The molecule has 3 aliphatic rings. The Kier molecular flexibility index (Phi) is 6.60. The summed E-state index contributed by atoms with van der Waals surface area (Å²) in [6, 6.07) is 7.47. The molecule has 34 heavy (non-hydrogen) atoms. The van der Waals surface area contributed by atoms with Gasteiger partial charge in [-0.15, -0.1) is 0 Å². The van der Waals surface area contributed by atoms with E-state index in [1.807, 2.05) is 18.2 Å². The summed E-state index contributed by atoms with van der Waals surface area (Å²) in [5, 5.41) is 12.4. The molecule has 10 heteroatoms. The number of benzene rings is 1. The highest BCUT2D eigenvalue weighted by molar-refractivity contribution is 7.89. The third-order valence-electron chi connectivity index (χ3n) is 7.72. The number of ether oxygens (including phenoxy) is 1. The second-order valence-electron chi connectivity index (χ2n) is 9.59. The summed E-state index contributed by atoms with van der Waals surface area (Å²) in [7, 11) is -2.03. The zero-order chi connectivity index (χ0) is 23.9. The number of hydrogen-bond acceptors (Lipinski definition) is 7. The van der Waals surface area contributed by atoms with E-state index in [0.717, 1.165) is 29.4 Å². The molecule has 3 aliphatic heterocycles. The average molecular weight is 489 g/mol. The van der Waals surface area contributed by atoms with Crippen molar-refractivity contribution in [1.82, 2.24) is 19.7 Å². The van der Waals surface area contributed by atoms with Gasteiger partial charge >= 0.3 is 5.97 Å². The number of carboxylic acids is 1. The number of nitrogens with zero attached hydrogens (tertiary/aromatic N) is 3. The van der Waals surface area contributed by atoms with Gasteiger partial charge in [-0.1, -0.05) is 12.1 Å². The molecule has 0 bridgehead atoms. The summed E-state index contributed by atoms with van der Waals surface area (Å²) >= 11 is 0. The van der Waals surface area contributed by atoms with Gasteiger partial charge in [0.1, 0.15) is 0 Å². The number of hydrazine groups is 1. The van der Waals surface area contributed by atoms with Crippen molar-refractivity contribution < 1.29 is 23.1 Å². The van der Waals surface area contributed by atoms with Crippen LogP contribution in [-0.2, 0) is 19.6 Å². The van der Waals surface area contributed by atoms with Crippen LogP contribution < -0.4 is 5.43 Å². The first-order valence-electron chi connectivity index (χ1n) is 12.0. The first-order valence-corrected chi connectivity index (χ1v) is 13.4. The number of aliphatic carboxylic acids is 1. The Labute approximate surface area is 200 Å². The van der Waals surface area contributed by atoms with Gasteiger partial charge in [0.2, 0.25) is 10.0 Å². The topological polar surface area (TPSA) is 112 Å². The van der Waals surface area contributed by atoms with Crippen LogP contribution >= 0.6 is 0 Å². The number of rotatable bonds is 6. The largest absolute Gasteiger partial charge is 0.481 e. The van der Waals surface area contributed by atoms with E-state index >= 15 is 0 Å². The van der Waals surface area contributed by atoms with Gasteiger partial charge in [0.25, 0.3) is 0 Å². The molecule has 0 spiro atoms. The quantitative estimate of drug-likeness (QED) is 0.637. The number of sulfonamides is 1. The SMILES string of the molecule is COC1CCN(S(=O)(=O)c2ccc3cccnc3c2C2CCN3NCC(CC(=O)O)C3C2)CC1. The summed E-state index contributed by atoms with van der Waals surface area (Å²) in [5.74, 6) is -0.820. The molecular formula is C24H32N4O5S. The van der Waals surface area contributed by atoms with Gasteiger partial charge in [0.05, 0.1) is 22.9 Å². The molecule has 1 aromatic carbocycles. The Hall–Kier alpha value is -2.11. The summed E-state index contributed by atoms with van der Waals surface area (Å²) in [4.78, 5) is 16.4. The third kappa shape index (κ3) is 4.33. The molecular weight excluding hydrogens is 456 g/mol. The fraction of sp³-hybridized carbons (Fsp3) is 0.583. The Morgan fingerprint density at radius 3 is 2.74 bits per heavy atom. The lowest BCUT2D eigenvalue weighted by Crippen LogP contribution is -2.45. The number of piperidine rings is 2. The average Bonchev–Trinajstić information content (AvgIpc) is 3.24. The minimum absolute atomic E-state index is 0.00337. The Bertz CT molecular complexity index is 1170. The molecule has 0 aliphatic carbocycles. The standard InChI is InChI=1S/C24H32N4O5S/c1-33-19-7-10-27(11-8-19)34(31,32)21-5-4-16-3-2-9-25-24(16)23(21)17-6-12-28-20(13-17)18(15-26-28)14-22(29)30/h2-5,9,17-20,26H,6-8,10-15H2,1H3,(H,29,30). The molecule has 3 fully saturated rings. The maximum absolute atomic E-state index is 13.9. The van der Waals surface area contributed by atoms with E-state index in [1.165, 1.54) is 0 Å². The second kappa shape index (κ2) is 9.50. The zero-order valence-corrected chi connectivity index (χ0v) is 20.2. The molecule has 4 heterocycles. The minimum Gasteiger partial charge on any atom is -0.481 e. The molecule has 184 valence electrons. The number of carbonyl (C=O) groups is 1. The zero-order valence-electron chi connectivity index (χ0n) is 19.4. The van der Waals surface area contributed by atoms with E-state index < -0.39 is 16.0 Å². The van der Waals surface area contributed by atoms with Crippen LogP contribution in [-0.4, -0.2) is 79.2 Å². The molecule has 0 radical (unpaired) electrons. The monoisotopic (exact) mass is 488 g/mol. The maximum Gasteiger partial charge on any atom is 0.303 e. The summed E-state index contributed by atoms with van der Waals surface area (Å²) in [6.07, 6.45) is 4.76. The van der Waals surface area contributed by atoms with E-state index in [4.69, 9.17) is 4.74 Å². The van der Waals surface area contributed by atoms with Crippen LogP contribution in [0.2, 0.25) is 0 Å². The molecule has 1 aromatic heterocycles. The van der Waals surface area contributed by atoms with E-state index in [2.05, 4.69) is 15.4 Å². The molecule has 3 saturated heterocycles. The van der Waals surface area contributed by atoms with Gasteiger partial charge < -0.3 is 9.84 Å². The van der Waals surface area contributed by atoms with Crippen LogP contribution in [0.4, 0.5) is 0 Å². The van der Waals surface area contributed by atoms with Crippen LogP contribution in [0.15, 0.2) is 35.4 Å². The van der Waals surface area contributed by atoms with Crippen molar-refractivity contribution in [2.45, 2.75) is 55.1 Å². The molecule has 5 rings (SSSR count). The van der Waals surface area contributed by atoms with Gasteiger partial charge in [-0.3, -0.25) is 15.2 Å². The predicted molar refractivity (Wildman–Crippen MR) is 127 cm³/mol. The van der Waals surface area contributed by atoms with Crippen LogP contribution in [0.5, 0.6) is 0 Å². The Morgan fingerprint density at radius 1 is 1.21 bits per heavy atom. The van der Waals surface area contributed by atoms with Crippen molar-refractivity contribution in [3.05, 3.63) is 36.0 Å². The molecule has 3 atom stereocenters. The van der Waals surface area contributed by atoms with Crippen molar-refractivity contribution in [2.24, 2.45) is 5.92 Å². The van der Waals surface area contributed by atoms with Crippen LogP contribution in [0.25, 0.3) is 10.9 Å². The number of fused-ring (bicyclic) bond motifs is 2. The van der Waals surface area contributed by atoms with Crippen molar-refractivity contribution in [3.8, 4) is 0 Å². The number of methoxy groups -OCH3 is 1. The first kappa shape index (κ1) is 23.6. The molecule has 0 amide bonds. The highest BCUT2D eigenvalue weighted by atomic mass is 32.2. The summed E-state index contributed by atoms with van der Waals surface area (Å²) in [5.41, 5.74) is 4.86. The highest BCUT2D eigenvalue weighted by Crippen LogP contribution is 2.42. The van der Waals surface area contributed by atoms with Crippen molar-refractivity contribution in [3.63, 3.8) is 0 Å². The highest BCUT2D eigenvalue weighted by Gasteiger charge is 2.42.